The van der Waals surface area contributed by atoms with Gasteiger partial charge in [-0.1, -0.05) is 26.0 Å². The summed E-state index contributed by atoms with van der Waals surface area (Å²) in [6.45, 7) is 11.5. The largest absolute Gasteiger partial charge is 0.443 e. The Bertz CT molecular complexity index is 758. The molecule has 5 nitrogen and oxygen atoms in total. The normalized spacial score (nSPS) is 16.0. The molecule has 0 N–H and O–H groups in total. The summed E-state index contributed by atoms with van der Waals surface area (Å²) in [6, 6.07) is 8.31. The predicted octanol–water partition coefficient (Wildman–Crippen LogP) is 4.16. The van der Waals surface area contributed by atoms with E-state index in [1.165, 1.54) is 11.1 Å². The third-order valence-corrected chi connectivity index (χ3v) is 4.44. The van der Waals surface area contributed by atoms with E-state index in [1.807, 2.05) is 43.8 Å². The van der Waals surface area contributed by atoms with E-state index in [2.05, 4.69) is 31.1 Å². The maximum atomic E-state index is 12.6. The molecule has 0 bridgehead atoms. The van der Waals surface area contributed by atoms with Crippen molar-refractivity contribution in [2.45, 2.75) is 58.6 Å². The van der Waals surface area contributed by atoms with E-state index in [0.717, 1.165) is 18.7 Å². The smallest absolute Gasteiger partial charge is 0.414 e. The molecule has 0 spiro atoms. The van der Waals surface area contributed by atoms with Crippen molar-refractivity contribution < 1.29 is 9.53 Å². The van der Waals surface area contributed by atoms with E-state index in [9.17, 15) is 4.79 Å². The SMILES string of the molecule is CC(C)(C)OC(=O)N1CC(C)(C)c2cc(CCn3cccn3)ccc21. The maximum absolute atomic E-state index is 12.6. The topological polar surface area (TPSA) is 47.4 Å². The number of rotatable bonds is 3. The van der Waals surface area contributed by atoms with Gasteiger partial charge in [0.05, 0.1) is 5.69 Å². The van der Waals surface area contributed by atoms with Gasteiger partial charge in [-0.15, -0.1) is 0 Å². The minimum absolute atomic E-state index is 0.0893. The number of aromatic nitrogens is 2. The zero-order chi connectivity index (χ0) is 18.2. The summed E-state index contributed by atoms with van der Waals surface area (Å²) in [5.41, 5.74) is 2.84. The van der Waals surface area contributed by atoms with Gasteiger partial charge in [0, 0.05) is 30.9 Å². The van der Waals surface area contributed by atoms with Gasteiger partial charge in [0.2, 0.25) is 0 Å². The summed E-state index contributed by atoms with van der Waals surface area (Å²) in [5.74, 6) is 0. The molecule has 25 heavy (non-hydrogen) atoms. The van der Waals surface area contributed by atoms with Crippen LogP contribution in [0.2, 0.25) is 0 Å². The summed E-state index contributed by atoms with van der Waals surface area (Å²) in [7, 11) is 0. The van der Waals surface area contributed by atoms with Gasteiger partial charge in [0.25, 0.3) is 0 Å². The first kappa shape index (κ1) is 17.5. The molecule has 0 saturated carbocycles. The lowest BCUT2D eigenvalue weighted by molar-refractivity contribution is 0.0579. The molecule has 0 fully saturated rings. The van der Waals surface area contributed by atoms with Crippen LogP contribution in [0.1, 0.15) is 45.7 Å². The number of hydrogen-bond acceptors (Lipinski definition) is 3. The second-order valence-corrected chi connectivity index (χ2v) is 8.32. The lowest BCUT2D eigenvalue weighted by Crippen LogP contribution is -2.38. The Morgan fingerprint density at radius 1 is 1.32 bits per heavy atom. The molecular formula is C20H27N3O2. The molecule has 3 rings (SSSR count). The second kappa shape index (κ2) is 6.21. The average molecular weight is 341 g/mol. The zero-order valence-corrected chi connectivity index (χ0v) is 15.7. The monoisotopic (exact) mass is 341 g/mol. The number of amides is 1. The summed E-state index contributed by atoms with van der Waals surface area (Å²) < 4.78 is 7.51. The Hall–Kier alpha value is -2.30. The zero-order valence-electron chi connectivity index (χ0n) is 15.7. The summed E-state index contributed by atoms with van der Waals surface area (Å²) in [6.07, 6.45) is 4.41. The van der Waals surface area contributed by atoms with E-state index in [1.54, 1.807) is 11.1 Å². The van der Waals surface area contributed by atoms with Crippen LogP contribution in [0, 0.1) is 0 Å². The van der Waals surface area contributed by atoms with E-state index < -0.39 is 5.60 Å². The van der Waals surface area contributed by atoms with E-state index >= 15 is 0 Å². The fourth-order valence-corrected chi connectivity index (χ4v) is 3.24. The summed E-state index contributed by atoms with van der Waals surface area (Å²) in [4.78, 5) is 14.3. The number of aryl methyl sites for hydroxylation is 2. The van der Waals surface area contributed by atoms with Crippen molar-refractivity contribution in [2.24, 2.45) is 0 Å². The van der Waals surface area contributed by atoms with Crippen molar-refractivity contribution in [1.29, 1.82) is 0 Å². The summed E-state index contributed by atoms with van der Waals surface area (Å²) in [5, 5.41) is 4.25. The van der Waals surface area contributed by atoms with Gasteiger partial charge < -0.3 is 4.74 Å². The molecule has 2 aromatic rings. The van der Waals surface area contributed by atoms with Crippen LogP contribution in [0.5, 0.6) is 0 Å². The highest BCUT2D eigenvalue weighted by molar-refractivity contribution is 5.91. The van der Waals surface area contributed by atoms with Gasteiger partial charge in [0.15, 0.2) is 0 Å². The average Bonchev–Trinajstić information content (AvgIpc) is 3.10. The molecule has 0 radical (unpaired) electrons. The molecule has 0 unspecified atom stereocenters. The quantitative estimate of drug-likeness (QED) is 0.842. The molecular weight excluding hydrogens is 314 g/mol. The van der Waals surface area contributed by atoms with E-state index in [0.29, 0.717) is 6.54 Å². The van der Waals surface area contributed by atoms with Gasteiger partial charge in [-0.3, -0.25) is 9.58 Å². The van der Waals surface area contributed by atoms with Gasteiger partial charge >= 0.3 is 6.09 Å². The van der Waals surface area contributed by atoms with Crippen molar-refractivity contribution in [2.75, 3.05) is 11.4 Å². The maximum Gasteiger partial charge on any atom is 0.414 e. The van der Waals surface area contributed by atoms with Crippen molar-refractivity contribution in [3.8, 4) is 0 Å². The molecule has 1 amide bonds. The number of hydrogen-bond donors (Lipinski definition) is 0. The predicted molar refractivity (Wildman–Crippen MR) is 99.0 cm³/mol. The number of nitrogens with zero attached hydrogens (tertiary/aromatic N) is 3. The third kappa shape index (κ3) is 3.86. The molecule has 1 aliphatic heterocycles. The minimum atomic E-state index is -0.492. The molecule has 0 saturated heterocycles. The fourth-order valence-electron chi connectivity index (χ4n) is 3.24. The second-order valence-electron chi connectivity index (χ2n) is 8.32. The summed E-state index contributed by atoms with van der Waals surface area (Å²) >= 11 is 0. The van der Waals surface area contributed by atoms with Crippen LogP contribution < -0.4 is 4.90 Å². The Morgan fingerprint density at radius 3 is 2.72 bits per heavy atom. The number of ether oxygens (including phenoxy) is 1. The number of anilines is 1. The van der Waals surface area contributed by atoms with Crippen LogP contribution in [0.15, 0.2) is 36.7 Å². The number of carbonyl (C=O) groups is 1. The number of fused-ring (bicyclic) bond motifs is 1. The van der Waals surface area contributed by atoms with Crippen molar-refractivity contribution >= 4 is 11.8 Å². The molecule has 5 heteroatoms. The molecule has 1 aliphatic rings. The Balaban J connectivity index is 1.81. The van der Waals surface area contributed by atoms with E-state index in [4.69, 9.17) is 4.74 Å². The Labute approximate surface area is 149 Å². The van der Waals surface area contributed by atoms with Crippen LogP contribution >= 0.6 is 0 Å². The number of carbonyl (C=O) groups excluding carboxylic acids is 1. The van der Waals surface area contributed by atoms with Crippen LogP contribution in [0.4, 0.5) is 10.5 Å². The third-order valence-electron chi connectivity index (χ3n) is 4.44. The standard InChI is InChI=1S/C20H27N3O2/c1-19(2,3)25-18(24)23-14-20(4,5)16-13-15(7-8-17(16)23)9-12-22-11-6-10-21-22/h6-8,10-11,13H,9,12,14H2,1-5H3. The van der Waals surface area contributed by atoms with Crippen LogP contribution in [0.25, 0.3) is 0 Å². The highest BCUT2D eigenvalue weighted by Gasteiger charge is 2.39. The molecule has 1 aromatic carbocycles. The molecule has 2 heterocycles. The van der Waals surface area contributed by atoms with Gasteiger partial charge in [-0.05, 0) is 50.5 Å². The van der Waals surface area contributed by atoms with Crippen LogP contribution in [0.3, 0.4) is 0 Å². The Morgan fingerprint density at radius 2 is 2.08 bits per heavy atom. The molecule has 1 aromatic heterocycles. The number of benzene rings is 1. The van der Waals surface area contributed by atoms with Gasteiger partial charge in [-0.2, -0.15) is 5.10 Å². The highest BCUT2D eigenvalue weighted by Crippen LogP contribution is 2.41. The lowest BCUT2D eigenvalue weighted by atomic mass is 9.86. The first-order chi connectivity index (χ1) is 11.7. The Kier molecular flexibility index (Phi) is 4.35. The first-order valence-electron chi connectivity index (χ1n) is 8.77. The van der Waals surface area contributed by atoms with Crippen molar-refractivity contribution in [3.05, 3.63) is 47.8 Å². The van der Waals surface area contributed by atoms with Crippen molar-refractivity contribution in [1.82, 2.24) is 9.78 Å². The van der Waals surface area contributed by atoms with Gasteiger partial charge in [-0.25, -0.2) is 4.79 Å². The van der Waals surface area contributed by atoms with Crippen LogP contribution in [-0.4, -0.2) is 28.0 Å². The first-order valence-corrected chi connectivity index (χ1v) is 8.77. The molecule has 0 atom stereocenters. The molecule has 0 aliphatic carbocycles. The lowest BCUT2D eigenvalue weighted by Gasteiger charge is -2.25. The van der Waals surface area contributed by atoms with Crippen LogP contribution in [-0.2, 0) is 23.1 Å². The molecule has 134 valence electrons. The highest BCUT2D eigenvalue weighted by atomic mass is 16.6. The van der Waals surface area contributed by atoms with E-state index in [-0.39, 0.29) is 11.5 Å². The minimum Gasteiger partial charge on any atom is -0.443 e. The fraction of sp³-hybridized carbons (Fsp3) is 0.500. The van der Waals surface area contributed by atoms with Gasteiger partial charge in [0.1, 0.15) is 5.60 Å². The van der Waals surface area contributed by atoms with Crippen molar-refractivity contribution in [3.63, 3.8) is 0 Å².